The van der Waals surface area contributed by atoms with Gasteiger partial charge in [-0.25, -0.2) is 0 Å². The zero-order chi connectivity index (χ0) is 15.5. The average molecular weight is 339 g/mol. The molecule has 2 atom stereocenters. The predicted octanol–water partition coefficient (Wildman–Crippen LogP) is 2.25. The Hall–Kier alpha value is -1.31. The molecule has 0 aliphatic carbocycles. The Morgan fingerprint density at radius 3 is 2.59 bits per heavy atom. The van der Waals surface area contributed by atoms with Crippen LogP contribution in [0.5, 0.6) is 0 Å². The maximum Gasteiger partial charge on any atom is 0.416 e. The van der Waals surface area contributed by atoms with E-state index in [9.17, 15) is 18.0 Å². The third kappa shape index (κ3) is 4.59. The molecule has 8 heteroatoms. The number of amides is 1. The van der Waals surface area contributed by atoms with Crippen LogP contribution in [0.25, 0.3) is 0 Å². The van der Waals surface area contributed by atoms with Gasteiger partial charge in [0.1, 0.15) is 6.10 Å². The third-order valence-corrected chi connectivity index (χ3v) is 3.44. The number of halogens is 4. The standard InChI is InChI=1S/C14H17F3N2O2.ClH/c15-14(16,17)11-4-2-1-3-9(11)8-19-13(20)12-6-5-10(7-18)21-12;/h1-4,10,12H,5-8,18H2,(H,19,20);1H/t10-,12+;/m1./s1. The molecular weight excluding hydrogens is 321 g/mol. The second kappa shape index (κ2) is 7.80. The van der Waals surface area contributed by atoms with E-state index in [2.05, 4.69) is 5.32 Å². The van der Waals surface area contributed by atoms with E-state index in [0.717, 1.165) is 6.07 Å². The number of alkyl halides is 3. The first kappa shape index (κ1) is 18.7. The summed E-state index contributed by atoms with van der Waals surface area (Å²) in [6.45, 7) is 0.155. The van der Waals surface area contributed by atoms with E-state index in [1.807, 2.05) is 0 Å². The van der Waals surface area contributed by atoms with Crippen LogP contribution < -0.4 is 11.1 Å². The van der Waals surface area contributed by atoms with Gasteiger partial charge in [-0.3, -0.25) is 4.79 Å². The summed E-state index contributed by atoms with van der Waals surface area (Å²) in [5.41, 5.74) is 4.74. The van der Waals surface area contributed by atoms with E-state index >= 15 is 0 Å². The van der Waals surface area contributed by atoms with Crippen LogP contribution in [0.4, 0.5) is 13.2 Å². The van der Waals surface area contributed by atoms with E-state index in [1.165, 1.54) is 18.2 Å². The Kier molecular flexibility index (Phi) is 6.65. The van der Waals surface area contributed by atoms with Crippen LogP contribution in [0.1, 0.15) is 24.0 Å². The van der Waals surface area contributed by atoms with Crippen LogP contribution in [0.2, 0.25) is 0 Å². The van der Waals surface area contributed by atoms with E-state index < -0.39 is 23.8 Å². The molecule has 0 aromatic heterocycles. The maximum atomic E-state index is 12.8. The number of nitrogens with two attached hydrogens (primary N) is 1. The molecule has 1 saturated heterocycles. The van der Waals surface area contributed by atoms with Gasteiger partial charge >= 0.3 is 6.18 Å². The lowest BCUT2D eigenvalue weighted by molar-refractivity contribution is -0.139. The molecule has 0 bridgehead atoms. The molecule has 2 rings (SSSR count). The Morgan fingerprint density at radius 1 is 1.32 bits per heavy atom. The van der Waals surface area contributed by atoms with Crippen LogP contribution in [0.3, 0.4) is 0 Å². The summed E-state index contributed by atoms with van der Waals surface area (Å²) in [4.78, 5) is 11.9. The molecule has 0 saturated carbocycles. The van der Waals surface area contributed by atoms with Gasteiger partial charge in [0.05, 0.1) is 11.7 Å². The summed E-state index contributed by atoms with van der Waals surface area (Å²) >= 11 is 0. The van der Waals surface area contributed by atoms with Gasteiger partial charge in [-0.2, -0.15) is 13.2 Å². The van der Waals surface area contributed by atoms with Crippen LogP contribution in [-0.4, -0.2) is 24.7 Å². The Morgan fingerprint density at radius 2 is 2.00 bits per heavy atom. The van der Waals surface area contributed by atoms with Crippen LogP contribution in [-0.2, 0) is 22.3 Å². The number of nitrogens with one attached hydrogen (secondary N) is 1. The molecule has 1 aromatic rings. The fraction of sp³-hybridized carbons (Fsp3) is 0.500. The highest BCUT2D eigenvalue weighted by atomic mass is 35.5. The summed E-state index contributed by atoms with van der Waals surface area (Å²) in [7, 11) is 0. The third-order valence-electron chi connectivity index (χ3n) is 3.44. The second-order valence-electron chi connectivity index (χ2n) is 4.93. The number of ether oxygens (including phenoxy) is 1. The quantitative estimate of drug-likeness (QED) is 0.885. The molecular formula is C14H18ClF3N2O2. The van der Waals surface area contributed by atoms with Gasteiger partial charge < -0.3 is 15.8 Å². The summed E-state index contributed by atoms with van der Waals surface area (Å²) < 4.78 is 43.9. The number of rotatable bonds is 4. The first-order valence-electron chi connectivity index (χ1n) is 6.70. The molecule has 1 aliphatic rings. The normalized spacial score (nSPS) is 21.3. The largest absolute Gasteiger partial charge is 0.416 e. The molecule has 4 nitrogen and oxygen atoms in total. The number of hydrogen-bond acceptors (Lipinski definition) is 3. The van der Waals surface area contributed by atoms with Crippen molar-refractivity contribution in [1.29, 1.82) is 0 Å². The molecule has 1 heterocycles. The van der Waals surface area contributed by atoms with Crippen molar-refractivity contribution in [3.63, 3.8) is 0 Å². The summed E-state index contributed by atoms with van der Waals surface area (Å²) in [6.07, 6.45) is -3.99. The van der Waals surface area contributed by atoms with Crippen molar-refractivity contribution in [1.82, 2.24) is 5.32 Å². The van der Waals surface area contributed by atoms with Gasteiger partial charge in [-0.1, -0.05) is 18.2 Å². The van der Waals surface area contributed by atoms with Crippen LogP contribution in [0.15, 0.2) is 24.3 Å². The van der Waals surface area contributed by atoms with Crippen LogP contribution in [0, 0.1) is 0 Å². The molecule has 1 amide bonds. The SMILES string of the molecule is Cl.NC[C@H]1CC[C@@H](C(=O)NCc2ccccc2C(F)(F)F)O1. The van der Waals surface area contributed by atoms with Crippen molar-refractivity contribution in [2.45, 2.75) is 37.8 Å². The lowest BCUT2D eigenvalue weighted by Crippen LogP contribution is -2.35. The Labute approximate surface area is 132 Å². The minimum Gasteiger partial charge on any atom is -0.364 e. The maximum absolute atomic E-state index is 12.8. The van der Waals surface area contributed by atoms with Gasteiger partial charge in [0.2, 0.25) is 5.91 Å². The van der Waals surface area contributed by atoms with Crippen molar-refractivity contribution < 1.29 is 22.7 Å². The van der Waals surface area contributed by atoms with Crippen molar-refractivity contribution in [2.75, 3.05) is 6.54 Å². The zero-order valence-electron chi connectivity index (χ0n) is 11.7. The first-order valence-corrected chi connectivity index (χ1v) is 6.70. The van der Waals surface area contributed by atoms with E-state index in [0.29, 0.717) is 19.4 Å². The van der Waals surface area contributed by atoms with Crippen molar-refractivity contribution in [3.05, 3.63) is 35.4 Å². The minimum atomic E-state index is -4.43. The van der Waals surface area contributed by atoms with Gasteiger partial charge in [-0.15, -0.1) is 12.4 Å². The van der Waals surface area contributed by atoms with E-state index in [-0.39, 0.29) is 30.6 Å². The molecule has 0 radical (unpaired) electrons. The van der Waals surface area contributed by atoms with Gasteiger partial charge in [-0.05, 0) is 24.5 Å². The Balaban J connectivity index is 0.00000242. The molecule has 0 unspecified atom stereocenters. The first-order chi connectivity index (χ1) is 9.91. The molecule has 3 N–H and O–H groups in total. The van der Waals surface area contributed by atoms with E-state index in [1.54, 1.807) is 0 Å². The summed E-state index contributed by atoms with van der Waals surface area (Å²) in [5, 5.41) is 2.49. The highest BCUT2D eigenvalue weighted by Gasteiger charge is 2.33. The molecule has 1 aliphatic heterocycles. The second-order valence-corrected chi connectivity index (χ2v) is 4.93. The lowest BCUT2D eigenvalue weighted by atomic mass is 10.1. The predicted molar refractivity (Wildman–Crippen MR) is 77.5 cm³/mol. The van der Waals surface area contributed by atoms with Gasteiger partial charge in [0.15, 0.2) is 0 Å². The molecule has 124 valence electrons. The van der Waals surface area contributed by atoms with Crippen molar-refractivity contribution in [3.8, 4) is 0 Å². The average Bonchev–Trinajstić information content (AvgIpc) is 2.93. The summed E-state index contributed by atoms with van der Waals surface area (Å²) in [6, 6.07) is 5.17. The van der Waals surface area contributed by atoms with Gasteiger partial charge in [0, 0.05) is 13.1 Å². The van der Waals surface area contributed by atoms with Crippen LogP contribution >= 0.6 is 12.4 Å². The molecule has 1 aromatic carbocycles. The van der Waals surface area contributed by atoms with Gasteiger partial charge in [0.25, 0.3) is 0 Å². The highest BCUT2D eigenvalue weighted by Crippen LogP contribution is 2.31. The monoisotopic (exact) mass is 338 g/mol. The highest BCUT2D eigenvalue weighted by molar-refractivity contribution is 5.85. The van der Waals surface area contributed by atoms with E-state index in [4.69, 9.17) is 10.5 Å². The topological polar surface area (TPSA) is 64.4 Å². The number of benzene rings is 1. The smallest absolute Gasteiger partial charge is 0.364 e. The molecule has 0 spiro atoms. The van der Waals surface area contributed by atoms with Crippen molar-refractivity contribution in [2.24, 2.45) is 5.73 Å². The zero-order valence-corrected chi connectivity index (χ0v) is 12.5. The summed E-state index contributed by atoms with van der Waals surface area (Å²) in [5.74, 6) is -0.400. The van der Waals surface area contributed by atoms with Crippen molar-refractivity contribution >= 4 is 18.3 Å². The molecule has 22 heavy (non-hydrogen) atoms. The fourth-order valence-electron chi connectivity index (χ4n) is 2.32. The molecule has 1 fully saturated rings. The number of hydrogen-bond donors (Lipinski definition) is 2. The Bertz CT molecular complexity index is 511. The lowest BCUT2D eigenvalue weighted by Gasteiger charge is -2.15. The fourth-order valence-corrected chi connectivity index (χ4v) is 2.32. The minimum absolute atomic E-state index is 0. The number of carbonyl (C=O) groups is 1. The number of carbonyl (C=O) groups excluding carboxylic acids is 1.